The van der Waals surface area contributed by atoms with Gasteiger partial charge in [0, 0.05) is 36.6 Å². The minimum atomic E-state index is 0.0454. The van der Waals surface area contributed by atoms with Gasteiger partial charge < -0.3 is 20.6 Å². The molecule has 1 unspecified atom stereocenters. The molecule has 0 heterocycles. The number of hydrogen-bond acceptors (Lipinski definition) is 5. The third-order valence-electron chi connectivity index (χ3n) is 2.62. The van der Waals surface area contributed by atoms with Gasteiger partial charge in [-0.25, -0.2) is 0 Å². The molecule has 1 rings (SSSR count). The Morgan fingerprint density at radius 3 is 2.72 bits per heavy atom. The molecule has 0 aliphatic rings. The molecule has 0 amide bonds. The van der Waals surface area contributed by atoms with Crippen molar-refractivity contribution < 1.29 is 15.3 Å². The van der Waals surface area contributed by atoms with E-state index in [9.17, 15) is 10.2 Å². The van der Waals surface area contributed by atoms with Crippen LogP contribution in [0.5, 0.6) is 11.5 Å². The molecule has 0 fully saturated rings. The minimum absolute atomic E-state index is 0.0454. The van der Waals surface area contributed by atoms with Gasteiger partial charge in [0.25, 0.3) is 0 Å². The topological polar surface area (TPSA) is 72.7 Å². The van der Waals surface area contributed by atoms with Crippen LogP contribution in [0.1, 0.15) is 24.9 Å². The van der Waals surface area contributed by atoms with E-state index < -0.39 is 0 Å². The van der Waals surface area contributed by atoms with Crippen LogP contribution in [-0.4, -0.2) is 40.0 Å². The number of rotatable bonds is 8. The van der Waals surface area contributed by atoms with Crippen LogP contribution >= 0.6 is 11.8 Å². The number of nitrogens with one attached hydrogen (secondary N) is 1. The highest BCUT2D eigenvalue weighted by Gasteiger charge is 2.09. The molecule has 5 heteroatoms. The summed E-state index contributed by atoms with van der Waals surface area (Å²) in [5, 5.41) is 30.9. The first-order valence-corrected chi connectivity index (χ1v) is 7.24. The molecule has 0 aromatic heterocycles. The van der Waals surface area contributed by atoms with Gasteiger partial charge in [0.15, 0.2) is 0 Å². The van der Waals surface area contributed by atoms with Crippen molar-refractivity contribution >= 4 is 11.8 Å². The highest BCUT2D eigenvalue weighted by Crippen LogP contribution is 2.27. The number of thioether (sulfide) groups is 1. The van der Waals surface area contributed by atoms with Crippen LogP contribution in [0.15, 0.2) is 18.2 Å². The maximum Gasteiger partial charge on any atom is 0.124 e. The van der Waals surface area contributed by atoms with Crippen molar-refractivity contribution in [1.82, 2.24) is 5.32 Å². The Bertz CT molecular complexity index is 360. The fraction of sp³-hybridized carbons (Fsp3) is 0.538. The quantitative estimate of drug-likeness (QED) is 0.543. The second kappa shape index (κ2) is 8.24. The minimum Gasteiger partial charge on any atom is -0.508 e. The summed E-state index contributed by atoms with van der Waals surface area (Å²) in [4.78, 5) is 0. The molecule has 0 bridgehead atoms. The predicted molar refractivity (Wildman–Crippen MR) is 75.2 cm³/mol. The van der Waals surface area contributed by atoms with Crippen molar-refractivity contribution in [3.05, 3.63) is 23.8 Å². The van der Waals surface area contributed by atoms with Crippen molar-refractivity contribution in [3.63, 3.8) is 0 Å². The zero-order valence-corrected chi connectivity index (χ0v) is 11.4. The van der Waals surface area contributed by atoms with E-state index in [-0.39, 0.29) is 24.1 Å². The van der Waals surface area contributed by atoms with E-state index in [2.05, 4.69) is 5.32 Å². The summed E-state index contributed by atoms with van der Waals surface area (Å²) in [6.07, 6.45) is 0.832. The number of hydrogen-bond donors (Lipinski definition) is 4. The number of aliphatic hydroxyl groups is 1. The van der Waals surface area contributed by atoms with Crippen LogP contribution in [0.4, 0.5) is 0 Å². The summed E-state index contributed by atoms with van der Waals surface area (Å²) < 4.78 is 0. The highest BCUT2D eigenvalue weighted by atomic mass is 32.2. The maximum atomic E-state index is 9.70. The van der Waals surface area contributed by atoms with Crippen LogP contribution in [0.2, 0.25) is 0 Å². The largest absolute Gasteiger partial charge is 0.508 e. The molecule has 0 aliphatic carbocycles. The summed E-state index contributed by atoms with van der Waals surface area (Å²) in [5.74, 6) is 2.13. The third kappa shape index (κ3) is 5.16. The van der Waals surface area contributed by atoms with Crippen LogP contribution in [0, 0.1) is 0 Å². The normalized spacial score (nSPS) is 12.6. The fourth-order valence-electron chi connectivity index (χ4n) is 1.62. The molecular weight excluding hydrogens is 250 g/mol. The Morgan fingerprint density at radius 1 is 1.28 bits per heavy atom. The number of aliphatic hydroxyl groups excluding tert-OH is 1. The molecule has 102 valence electrons. The summed E-state index contributed by atoms with van der Waals surface area (Å²) in [5.41, 5.74) is 0.785. The van der Waals surface area contributed by atoms with Crippen LogP contribution < -0.4 is 5.32 Å². The predicted octanol–water partition coefficient (Wildman–Crippen LogP) is 1.86. The van der Waals surface area contributed by atoms with Gasteiger partial charge in [-0.2, -0.15) is 11.8 Å². The molecule has 18 heavy (non-hydrogen) atoms. The molecule has 0 saturated carbocycles. The summed E-state index contributed by atoms with van der Waals surface area (Å²) >= 11 is 1.80. The van der Waals surface area contributed by atoms with Gasteiger partial charge in [-0.05, 0) is 25.2 Å². The van der Waals surface area contributed by atoms with Crippen LogP contribution in [-0.2, 0) is 0 Å². The fourth-order valence-corrected chi connectivity index (χ4v) is 2.42. The monoisotopic (exact) mass is 271 g/mol. The summed E-state index contributed by atoms with van der Waals surface area (Å²) in [6, 6.07) is 4.69. The SMILES string of the molecule is CC(NCCSCCCO)c1ccc(O)cc1O. The smallest absolute Gasteiger partial charge is 0.124 e. The Hall–Kier alpha value is -0.910. The van der Waals surface area contributed by atoms with Gasteiger partial charge in [0.2, 0.25) is 0 Å². The molecule has 1 atom stereocenters. The van der Waals surface area contributed by atoms with Gasteiger partial charge in [-0.3, -0.25) is 0 Å². The lowest BCUT2D eigenvalue weighted by Crippen LogP contribution is -2.21. The van der Waals surface area contributed by atoms with E-state index in [1.165, 1.54) is 6.07 Å². The number of benzene rings is 1. The number of aromatic hydroxyl groups is 2. The van der Waals surface area contributed by atoms with Gasteiger partial charge in [-0.1, -0.05) is 6.07 Å². The van der Waals surface area contributed by atoms with E-state index in [0.29, 0.717) is 0 Å². The van der Waals surface area contributed by atoms with Crippen LogP contribution in [0.3, 0.4) is 0 Å². The number of phenols is 2. The second-order valence-corrected chi connectivity index (χ2v) is 5.33. The Balaban J connectivity index is 2.29. The summed E-state index contributed by atoms with van der Waals surface area (Å²) in [6.45, 7) is 3.07. The molecule has 4 N–H and O–H groups in total. The maximum absolute atomic E-state index is 9.70. The molecule has 0 spiro atoms. The lowest BCUT2D eigenvalue weighted by Gasteiger charge is -2.15. The highest BCUT2D eigenvalue weighted by molar-refractivity contribution is 7.99. The first-order valence-electron chi connectivity index (χ1n) is 6.09. The standard InChI is InChI=1S/C13H21NO3S/c1-10(14-5-8-18-7-2-6-15)12-4-3-11(16)9-13(12)17/h3-4,9-10,14-17H,2,5-8H2,1H3. The Kier molecular flexibility index (Phi) is 6.93. The van der Waals surface area contributed by atoms with E-state index in [1.807, 2.05) is 6.92 Å². The first-order chi connectivity index (χ1) is 8.65. The average molecular weight is 271 g/mol. The molecule has 0 aliphatic heterocycles. The van der Waals surface area contributed by atoms with Gasteiger partial charge in [-0.15, -0.1) is 0 Å². The molecular formula is C13H21NO3S. The van der Waals surface area contributed by atoms with Gasteiger partial charge >= 0.3 is 0 Å². The molecule has 0 radical (unpaired) electrons. The molecule has 1 aromatic rings. The van der Waals surface area contributed by atoms with Crippen molar-refractivity contribution in [2.45, 2.75) is 19.4 Å². The molecule has 0 saturated heterocycles. The van der Waals surface area contributed by atoms with Crippen LogP contribution in [0.25, 0.3) is 0 Å². The van der Waals surface area contributed by atoms with Crippen molar-refractivity contribution in [1.29, 1.82) is 0 Å². The molecule has 4 nitrogen and oxygen atoms in total. The van der Waals surface area contributed by atoms with E-state index >= 15 is 0 Å². The lowest BCUT2D eigenvalue weighted by molar-refractivity contribution is 0.296. The van der Waals surface area contributed by atoms with E-state index in [1.54, 1.807) is 23.9 Å². The summed E-state index contributed by atoms with van der Waals surface area (Å²) in [7, 11) is 0. The zero-order valence-electron chi connectivity index (χ0n) is 10.6. The molecule has 1 aromatic carbocycles. The Morgan fingerprint density at radius 2 is 2.06 bits per heavy atom. The van der Waals surface area contributed by atoms with Gasteiger partial charge in [0.1, 0.15) is 11.5 Å². The average Bonchev–Trinajstić information content (AvgIpc) is 2.33. The third-order valence-corrected chi connectivity index (χ3v) is 3.69. The Labute approximate surface area is 112 Å². The van der Waals surface area contributed by atoms with Crippen molar-refractivity contribution in [2.75, 3.05) is 24.7 Å². The van der Waals surface area contributed by atoms with Crippen molar-refractivity contribution in [3.8, 4) is 11.5 Å². The number of phenolic OH excluding ortho intramolecular Hbond substituents is 2. The first kappa shape index (κ1) is 15.1. The zero-order chi connectivity index (χ0) is 13.4. The second-order valence-electron chi connectivity index (χ2n) is 4.11. The lowest BCUT2D eigenvalue weighted by atomic mass is 10.1. The van der Waals surface area contributed by atoms with E-state index in [4.69, 9.17) is 5.11 Å². The van der Waals surface area contributed by atoms with Crippen molar-refractivity contribution in [2.24, 2.45) is 0 Å². The van der Waals surface area contributed by atoms with Gasteiger partial charge in [0.05, 0.1) is 0 Å². The van der Waals surface area contributed by atoms with E-state index in [0.717, 1.165) is 30.0 Å².